The predicted molar refractivity (Wildman–Crippen MR) is 50.1 cm³/mol. The molecule has 14 heavy (non-hydrogen) atoms. The van der Waals surface area contributed by atoms with E-state index in [4.69, 9.17) is 18.9 Å². The zero-order valence-corrected chi connectivity index (χ0v) is 8.61. The van der Waals surface area contributed by atoms with Gasteiger partial charge in [0, 0.05) is 0 Å². The van der Waals surface area contributed by atoms with Gasteiger partial charge in [-0.3, -0.25) is 0 Å². The Morgan fingerprint density at radius 2 is 1.64 bits per heavy atom. The van der Waals surface area contributed by atoms with Crippen LogP contribution in [0.25, 0.3) is 0 Å². The van der Waals surface area contributed by atoms with Crippen LogP contribution in [0.3, 0.4) is 0 Å². The molecular formula is C10H18O4. The van der Waals surface area contributed by atoms with E-state index in [0.29, 0.717) is 25.4 Å². The van der Waals surface area contributed by atoms with Gasteiger partial charge in [0.25, 0.3) is 0 Å². The molecule has 0 spiro atoms. The van der Waals surface area contributed by atoms with Crippen molar-refractivity contribution in [3.63, 3.8) is 0 Å². The molecule has 0 aliphatic carbocycles. The van der Waals surface area contributed by atoms with Gasteiger partial charge in [-0.2, -0.15) is 0 Å². The Kier molecular flexibility index (Phi) is 3.75. The number of epoxide rings is 2. The average Bonchev–Trinajstić information content (AvgIpc) is 3.02. The van der Waals surface area contributed by atoms with E-state index in [1.807, 2.05) is 0 Å². The van der Waals surface area contributed by atoms with E-state index in [1.54, 1.807) is 0 Å². The van der Waals surface area contributed by atoms with E-state index in [1.165, 1.54) is 0 Å². The van der Waals surface area contributed by atoms with Crippen molar-refractivity contribution in [1.82, 2.24) is 0 Å². The first-order chi connectivity index (χ1) is 6.88. The first kappa shape index (κ1) is 10.4. The summed E-state index contributed by atoms with van der Waals surface area (Å²) in [5, 5.41) is 0. The van der Waals surface area contributed by atoms with Gasteiger partial charge in [0.05, 0.1) is 26.4 Å². The summed E-state index contributed by atoms with van der Waals surface area (Å²) in [5.41, 5.74) is 0. The highest BCUT2D eigenvalue weighted by atomic mass is 16.7. The lowest BCUT2D eigenvalue weighted by atomic mass is 10.3. The zero-order valence-electron chi connectivity index (χ0n) is 8.61. The van der Waals surface area contributed by atoms with Crippen LogP contribution < -0.4 is 0 Å². The van der Waals surface area contributed by atoms with E-state index < -0.39 is 0 Å². The molecule has 0 radical (unpaired) electrons. The zero-order chi connectivity index (χ0) is 9.80. The third-order valence-electron chi connectivity index (χ3n) is 2.27. The van der Waals surface area contributed by atoms with Crippen LogP contribution in [0.15, 0.2) is 0 Å². The second kappa shape index (κ2) is 5.07. The third-order valence-corrected chi connectivity index (χ3v) is 2.27. The highest BCUT2D eigenvalue weighted by Gasteiger charge is 2.27. The van der Waals surface area contributed by atoms with Crippen LogP contribution in [0.2, 0.25) is 0 Å². The minimum atomic E-state index is -0.0756. The van der Waals surface area contributed by atoms with Crippen LogP contribution >= 0.6 is 0 Å². The minimum Gasteiger partial charge on any atom is -0.371 e. The molecule has 0 aromatic rings. The smallest absolute Gasteiger partial charge is 0.157 e. The standard InChI is InChI=1S/C10H18O4/c1-2-3-10(13-6-8-4-11-8)14-7-9-5-12-9/h8-10H,2-7H2,1H3/t8-,9?,10?/m0/s1. The van der Waals surface area contributed by atoms with E-state index in [9.17, 15) is 0 Å². The fourth-order valence-electron chi connectivity index (χ4n) is 1.21. The molecule has 2 heterocycles. The number of rotatable bonds is 8. The summed E-state index contributed by atoms with van der Waals surface area (Å²) in [4.78, 5) is 0. The molecule has 0 N–H and O–H groups in total. The van der Waals surface area contributed by atoms with E-state index in [2.05, 4.69) is 6.92 Å². The summed E-state index contributed by atoms with van der Waals surface area (Å²) >= 11 is 0. The van der Waals surface area contributed by atoms with Crippen molar-refractivity contribution in [1.29, 1.82) is 0 Å². The minimum absolute atomic E-state index is 0.0756. The highest BCUT2D eigenvalue weighted by Crippen LogP contribution is 2.15. The SMILES string of the molecule is CCCC(OCC1CO1)OC[C@@H]1CO1. The molecule has 2 fully saturated rings. The van der Waals surface area contributed by atoms with E-state index >= 15 is 0 Å². The predicted octanol–water partition coefficient (Wildman–Crippen LogP) is 0.943. The topological polar surface area (TPSA) is 43.5 Å². The van der Waals surface area contributed by atoms with Crippen molar-refractivity contribution in [3.8, 4) is 0 Å². The maximum absolute atomic E-state index is 5.58. The van der Waals surface area contributed by atoms with Crippen LogP contribution in [0.1, 0.15) is 19.8 Å². The van der Waals surface area contributed by atoms with Crippen molar-refractivity contribution in [2.75, 3.05) is 26.4 Å². The Bertz CT molecular complexity index is 150. The lowest BCUT2D eigenvalue weighted by Crippen LogP contribution is -2.21. The number of hydrogen-bond acceptors (Lipinski definition) is 4. The third kappa shape index (κ3) is 3.92. The maximum Gasteiger partial charge on any atom is 0.157 e. The maximum atomic E-state index is 5.58. The molecule has 0 saturated carbocycles. The van der Waals surface area contributed by atoms with Gasteiger partial charge >= 0.3 is 0 Å². The molecule has 4 nitrogen and oxygen atoms in total. The van der Waals surface area contributed by atoms with Gasteiger partial charge in [-0.25, -0.2) is 0 Å². The molecule has 0 bridgehead atoms. The Labute approximate surface area is 84.5 Å². The molecule has 2 rings (SSSR count). The van der Waals surface area contributed by atoms with Crippen molar-refractivity contribution in [3.05, 3.63) is 0 Å². The lowest BCUT2D eigenvalue weighted by molar-refractivity contribution is -0.150. The summed E-state index contributed by atoms with van der Waals surface area (Å²) in [7, 11) is 0. The van der Waals surface area contributed by atoms with E-state index in [-0.39, 0.29) is 6.29 Å². The van der Waals surface area contributed by atoms with E-state index in [0.717, 1.165) is 26.1 Å². The molecule has 2 unspecified atom stereocenters. The fraction of sp³-hybridized carbons (Fsp3) is 1.00. The van der Waals surface area contributed by atoms with Crippen LogP contribution in [-0.4, -0.2) is 44.9 Å². The number of hydrogen-bond donors (Lipinski definition) is 0. The van der Waals surface area contributed by atoms with Crippen LogP contribution in [0, 0.1) is 0 Å². The van der Waals surface area contributed by atoms with Gasteiger partial charge in [0.2, 0.25) is 0 Å². The van der Waals surface area contributed by atoms with Crippen molar-refractivity contribution >= 4 is 0 Å². The molecule has 2 saturated heterocycles. The van der Waals surface area contributed by atoms with Crippen LogP contribution in [0.4, 0.5) is 0 Å². The van der Waals surface area contributed by atoms with Gasteiger partial charge in [0.15, 0.2) is 6.29 Å². The van der Waals surface area contributed by atoms with Crippen molar-refractivity contribution < 1.29 is 18.9 Å². The molecule has 82 valence electrons. The van der Waals surface area contributed by atoms with Crippen molar-refractivity contribution in [2.45, 2.75) is 38.3 Å². The number of ether oxygens (including phenoxy) is 4. The summed E-state index contributed by atoms with van der Waals surface area (Å²) in [5.74, 6) is 0. The Hall–Kier alpha value is -0.160. The summed E-state index contributed by atoms with van der Waals surface area (Å²) in [6, 6.07) is 0. The van der Waals surface area contributed by atoms with Gasteiger partial charge in [-0.15, -0.1) is 0 Å². The second-order valence-corrected chi connectivity index (χ2v) is 3.80. The molecule has 0 amide bonds. The quantitative estimate of drug-likeness (QED) is 0.434. The molecule has 3 atom stereocenters. The van der Waals surface area contributed by atoms with Crippen LogP contribution in [0.5, 0.6) is 0 Å². The molecule has 2 aliphatic heterocycles. The molecule has 0 aromatic heterocycles. The fourth-order valence-corrected chi connectivity index (χ4v) is 1.21. The summed E-state index contributed by atoms with van der Waals surface area (Å²) in [6.07, 6.45) is 2.57. The lowest BCUT2D eigenvalue weighted by Gasteiger charge is -2.16. The summed E-state index contributed by atoms with van der Waals surface area (Å²) < 4.78 is 21.3. The van der Waals surface area contributed by atoms with Gasteiger partial charge in [-0.1, -0.05) is 13.3 Å². The Morgan fingerprint density at radius 1 is 1.14 bits per heavy atom. The monoisotopic (exact) mass is 202 g/mol. The largest absolute Gasteiger partial charge is 0.371 e. The first-order valence-electron chi connectivity index (χ1n) is 5.35. The molecule has 4 heteroatoms. The normalized spacial score (nSPS) is 31.5. The highest BCUT2D eigenvalue weighted by molar-refractivity contribution is 4.69. The molecule has 0 aromatic carbocycles. The van der Waals surface area contributed by atoms with Gasteiger partial charge < -0.3 is 18.9 Å². The van der Waals surface area contributed by atoms with Gasteiger partial charge in [-0.05, 0) is 6.42 Å². The second-order valence-electron chi connectivity index (χ2n) is 3.80. The Morgan fingerprint density at radius 3 is 2.00 bits per heavy atom. The van der Waals surface area contributed by atoms with Crippen LogP contribution in [-0.2, 0) is 18.9 Å². The summed E-state index contributed by atoms with van der Waals surface area (Å²) in [6.45, 7) is 5.13. The van der Waals surface area contributed by atoms with Gasteiger partial charge in [0.1, 0.15) is 12.2 Å². The average molecular weight is 202 g/mol. The molecule has 2 aliphatic rings. The Balaban J connectivity index is 1.57. The first-order valence-corrected chi connectivity index (χ1v) is 5.35. The molecular weight excluding hydrogens is 184 g/mol. The van der Waals surface area contributed by atoms with Crippen molar-refractivity contribution in [2.24, 2.45) is 0 Å².